The number of phenolic OH excluding ortho intramolecular Hbond substituents is 1. The zero-order chi connectivity index (χ0) is 12.4. The molecule has 1 unspecified atom stereocenters. The smallest absolute Gasteiger partial charge is 0.123 e. The summed E-state index contributed by atoms with van der Waals surface area (Å²) in [5.41, 5.74) is 8.48. The Bertz CT molecular complexity index is 517. The summed E-state index contributed by atoms with van der Waals surface area (Å²) in [6, 6.07) is 7.32. The summed E-state index contributed by atoms with van der Waals surface area (Å²) in [6.07, 6.45) is 2.61. The summed E-state index contributed by atoms with van der Waals surface area (Å²) < 4.78 is 1.75. The molecule has 4 nitrogen and oxygen atoms in total. The minimum Gasteiger partial charge on any atom is -0.507 e. The van der Waals surface area contributed by atoms with Crippen molar-refractivity contribution < 1.29 is 5.11 Å². The summed E-state index contributed by atoms with van der Waals surface area (Å²) in [6.45, 7) is 1.95. The van der Waals surface area contributed by atoms with Crippen molar-refractivity contribution >= 4 is 0 Å². The second-order valence-corrected chi connectivity index (χ2v) is 4.36. The fraction of sp³-hybridized carbons (Fsp3) is 0.308. The lowest BCUT2D eigenvalue weighted by Gasteiger charge is -2.06. The third kappa shape index (κ3) is 2.47. The van der Waals surface area contributed by atoms with Gasteiger partial charge in [-0.25, -0.2) is 0 Å². The van der Waals surface area contributed by atoms with Crippen LogP contribution in [-0.2, 0) is 13.5 Å². The molecule has 0 aliphatic carbocycles. The summed E-state index contributed by atoms with van der Waals surface area (Å²) in [5, 5.41) is 14.3. The van der Waals surface area contributed by atoms with Crippen LogP contribution < -0.4 is 5.73 Å². The lowest BCUT2D eigenvalue weighted by atomic mass is 10.0. The van der Waals surface area contributed by atoms with Gasteiger partial charge in [-0.3, -0.25) is 4.68 Å². The highest BCUT2D eigenvalue weighted by Gasteiger charge is 2.13. The monoisotopic (exact) mass is 231 g/mol. The Kier molecular flexibility index (Phi) is 3.15. The number of para-hydroxylation sites is 1. The number of phenols is 1. The molecule has 1 heterocycles. The first-order valence-corrected chi connectivity index (χ1v) is 5.64. The summed E-state index contributed by atoms with van der Waals surface area (Å²) in [4.78, 5) is 0. The first kappa shape index (κ1) is 11.7. The Morgan fingerprint density at radius 3 is 2.71 bits per heavy atom. The highest BCUT2D eigenvalue weighted by atomic mass is 16.3. The minimum absolute atomic E-state index is 0.0505. The van der Waals surface area contributed by atoms with Crippen LogP contribution in [0.25, 0.3) is 11.1 Å². The standard InChI is InChI=1S/C13H17N3O/c1-9(14)7-12-11(8-16(2)15-12)10-5-3-4-6-13(10)17/h3-6,8-9,17H,7,14H2,1-2H3. The van der Waals surface area contributed by atoms with Crippen LogP contribution >= 0.6 is 0 Å². The van der Waals surface area contributed by atoms with E-state index in [0.717, 1.165) is 16.8 Å². The minimum atomic E-state index is 0.0505. The molecule has 3 N–H and O–H groups in total. The van der Waals surface area contributed by atoms with Crippen molar-refractivity contribution in [1.29, 1.82) is 0 Å². The largest absolute Gasteiger partial charge is 0.507 e. The number of hydrogen-bond acceptors (Lipinski definition) is 3. The average molecular weight is 231 g/mol. The molecule has 0 bridgehead atoms. The van der Waals surface area contributed by atoms with E-state index in [0.29, 0.717) is 6.42 Å². The van der Waals surface area contributed by atoms with Crippen LogP contribution in [0.2, 0.25) is 0 Å². The molecule has 0 spiro atoms. The number of nitrogens with two attached hydrogens (primary N) is 1. The van der Waals surface area contributed by atoms with Gasteiger partial charge in [-0.15, -0.1) is 0 Å². The molecule has 1 aromatic carbocycles. The molecule has 17 heavy (non-hydrogen) atoms. The lowest BCUT2D eigenvalue weighted by Crippen LogP contribution is -2.18. The number of rotatable bonds is 3. The number of aryl methyl sites for hydroxylation is 1. The van der Waals surface area contributed by atoms with E-state index in [2.05, 4.69) is 5.10 Å². The normalized spacial score (nSPS) is 12.6. The second-order valence-electron chi connectivity index (χ2n) is 4.36. The number of aromatic nitrogens is 2. The molecule has 2 rings (SSSR count). The van der Waals surface area contributed by atoms with E-state index >= 15 is 0 Å². The summed E-state index contributed by atoms with van der Waals surface area (Å²) >= 11 is 0. The van der Waals surface area contributed by atoms with Gasteiger partial charge in [0.2, 0.25) is 0 Å². The van der Waals surface area contributed by atoms with Crippen LogP contribution in [0.1, 0.15) is 12.6 Å². The highest BCUT2D eigenvalue weighted by molar-refractivity contribution is 5.71. The number of hydrogen-bond donors (Lipinski definition) is 2. The molecule has 0 aliphatic rings. The van der Waals surface area contributed by atoms with Gasteiger partial charge in [0.1, 0.15) is 5.75 Å². The van der Waals surface area contributed by atoms with Crippen molar-refractivity contribution in [3.8, 4) is 16.9 Å². The van der Waals surface area contributed by atoms with Crippen molar-refractivity contribution in [2.75, 3.05) is 0 Å². The molecule has 0 radical (unpaired) electrons. The number of benzene rings is 1. The van der Waals surface area contributed by atoms with Gasteiger partial charge in [0.15, 0.2) is 0 Å². The Morgan fingerprint density at radius 2 is 2.06 bits per heavy atom. The summed E-state index contributed by atoms with van der Waals surface area (Å²) in [7, 11) is 1.87. The Balaban J connectivity index is 2.48. The Morgan fingerprint density at radius 1 is 1.35 bits per heavy atom. The molecule has 0 amide bonds. The summed E-state index contributed by atoms with van der Waals surface area (Å²) in [5.74, 6) is 0.270. The molecule has 4 heteroatoms. The van der Waals surface area contributed by atoms with Gasteiger partial charge < -0.3 is 10.8 Å². The average Bonchev–Trinajstić information content (AvgIpc) is 2.59. The van der Waals surface area contributed by atoms with E-state index in [1.54, 1.807) is 16.8 Å². The maximum Gasteiger partial charge on any atom is 0.123 e. The zero-order valence-corrected chi connectivity index (χ0v) is 10.1. The predicted octanol–water partition coefficient (Wildman–Crippen LogP) is 1.68. The van der Waals surface area contributed by atoms with E-state index in [1.807, 2.05) is 32.3 Å². The van der Waals surface area contributed by atoms with Crippen LogP contribution in [0.4, 0.5) is 0 Å². The van der Waals surface area contributed by atoms with Gasteiger partial charge in [0, 0.05) is 36.8 Å². The molecular formula is C13H17N3O. The van der Waals surface area contributed by atoms with Gasteiger partial charge in [0.05, 0.1) is 5.69 Å². The maximum atomic E-state index is 9.86. The molecule has 1 aromatic heterocycles. The van der Waals surface area contributed by atoms with Gasteiger partial charge in [-0.05, 0) is 13.0 Å². The SMILES string of the molecule is CC(N)Cc1nn(C)cc1-c1ccccc1O. The van der Waals surface area contributed by atoms with E-state index in [4.69, 9.17) is 5.73 Å². The first-order chi connectivity index (χ1) is 8.08. The molecular weight excluding hydrogens is 214 g/mol. The highest BCUT2D eigenvalue weighted by Crippen LogP contribution is 2.31. The van der Waals surface area contributed by atoms with Crippen molar-refractivity contribution in [3.63, 3.8) is 0 Å². The van der Waals surface area contributed by atoms with Gasteiger partial charge in [-0.1, -0.05) is 18.2 Å². The quantitative estimate of drug-likeness (QED) is 0.844. The topological polar surface area (TPSA) is 64.1 Å². The molecule has 2 aromatic rings. The van der Waals surface area contributed by atoms with Gasteiger partial charge >= 0.3 is 0 Å². The molecule has 90 valence electrons. The van der Waals surface area contributed by atoms with Gasteiger partial charge in [0.25, 0.3) is 0 Å². The molecule has 0 aliphatic heterocycles. The zero-order valence-electron chi connectivity index (χ0n) is 10.1. The van der Waals surface area contributed by atoms with Crippen LogP contribution in [0.15, 0.2) is 30.5 Å². The van der Waals surface area contributed by atoms with Crippen LogP contribution in [0.3, 0.4) is 0 Å². The molecule has 0 saturated heterocycles. The molecule has 0 fully saturated rings. The van der Waals surface area contributed by atoms with E-state index < -0.39 is 0 Å². The fourth-order valence-electron chi connectivity index (χ4n) is 1.92. The van der Waals surface area contributed by atoms with E-state index in [9.17, 15) is 5.11 Å². The fourth-order valence-corrected chi connectivity index (χ4v) is 1.92. The second kappa shape index (κ2) is 4.59. The van der Waals surface area contributed by atoms with Crippen molar-refractivity contribution in [2.45, 2.75) is 19.4 Å². The lowest BCUT2D eigenvalue weighted by molar-refractivity contribution is 0.477. The third-order valence-electron chi connectivity index (χ3n) is 2.61. The number of aromatic hydroxyl groups is 1. The van der Waals surface area contributed by atoms with Crippen molar-refractivity contribution in [3.05, 3.63) is 36.2 Å². The molecule has 1 atom stereocenters. The Labute approximate surface area is 101 Å². The first-order valence-electron chi connectivity index (χ1n) is 5.64. The van der Waals surface area contributed by atoms with Crippen LogP contribution in [-0.4, -0.2) is 20.9 Å². The third-order valence-corrected chi connectivity index (χ3v) is 2.61. The Hall–Kier alpha value is -1.81. The van der Waals surface area contributed by atoms with E-state index in [-0.39, 0.29) is 11.8 Å². The molecule has 0 saturated carbocycles. The van der Waals surface area contributed by atoms with Crippen molar-refractivity contribution in [1.82, 2.24) is 9.78 Å². The van der Waals surface area contributed by atoms with Gasteiger partial charge in [-0.2, -0.15) is 5.10 Å². The maximum absolute atomic E-state index is 9.86. The van der Waals surface area contributed by atoms with E-state index in [1.165, 1.54) is 0 Å². The van der Waals surface area contributed by atoms with Crippen molar-refractivity contribution in [2.24, 2.45) is 12.8 Å². The van der Waals surface area contributed by atoms with Crippen LogP contribution in [0.5, 0.6) is 5.75 Å². The number of nitrogens with zero attached hydrogens (tertiary/aromatic N) is 2. The van der Waals surface area contributed by atoms with Crippen LogP contribution in [0, 0.1) is 0 Å². The predicted molar refractivity (Wildman–Crippen MR) is 67.7 cm³/mol.